The van der Waals surface area contributed by atoms with Gasteiger partial charge in [0.15, 0.2) is 0 Å². The number of carbonyl (C=O) groups is 1. The number of likely N-dealkylation sites (tertiary alicyclic amines) is 2. The molecule has 9 nitrogen and oxygen atoms in total. The summed E-state index contributed by atoms with van der Waals surface area (Å²) in [7, 11) is 3.30. The average molecular weight is 637 g/mol. The Morgan fingerprint density at radius 3 is 2.53 bits per heavy atom. The Balaban J connectivity index is 1.07. The third-order valence-corrected chi connectivity index (χ3v) is 9.28. The molecule has 0 aliphatic carbocycles. The molecule has 0 radical (unpaired) electrons. The predicted octanol–water partition coefficient (Wildman–Crippen LogP) is 5.00. The van der Waals surface area contributed by atoms with E-state index in [-0.39, 0.29) is 24.2 Å². The maximum absolute atomic E-state index is 13.5. The highest BCUT2D eigenvalue weighted by Gasteiger charge is 2.42. The zero-order valence-corrected chi connectivity index (χ0v) is 26.6. The van der Waals surface area contributed by atoms with Gasteiger partial charge in [0.25, 0.3) is 5.91 Å². The predicted molar refractivity (Wildman–Crippen MR) is 171 cm³/mol. The topological polar surface area (TPSA) is 89.9 Å². The van der Waals surface area contributed by atoms with E-state index in [2.05, 4.69) is 4.90 Å². The molecule has 3 heterocycles. The number of benzene rings is 3. The second kappa shape index (κ2) is 13.9. The van der Waals surface area contributed by atoms with E-state index in [1.165, 1.54) is 0 Å². The van der Waals surface area contributed by atoms with Crippen molar-refractivity contribution in [2.24, 2.45) is 0 Å². The van der Waals surface area contributed by atoms with Crippen LogP contribution < -0.4 is 18.9 Å². The maximum atomic E-state index is 13.5. The molecule has 3 aliphatic rings. The fourth-order valence-corrected chi connectivity index (χ4v) is 6.61. The van der Waals surface area contributed by atoms with E-state index in [0.717, 1.165) is 66.4 Å². The first-order valence-corrected chi connectivity index (χ1v) is 15.9. The Morgan fingerprint density at radius 2 is 1.80 bits per heavy atom. The van der Waals surface area contributed by atoms with Gasteiger partial charge in [-0.3, -0.25) is 4.79 Å². The lowest BCUT2D eigenvalue weighted by atomic mass is 9.87. The summed E-state index contributed by atoms with van der Waals surface area (Å²) in [6, 6.07) is 18.7. The van der Waals surface area contributed by atoms with Gasteiger partial charge in [0, 0.05) is 70.2 Å². The summed E-state index contributed by atoms with van der Waals surface area (Å²) in [5.41, 5.74) is 2.38. The molecule has 240 valence electrons. The molecular formula is C35H41ClN2O7. The standard InChI is InChI=1S/C35H41ClN2O7/c1-41-28-6-3-24(4-7-28)22-43-29-8-9-31(34(40)38-14-11-30(21-38)42-2)33(18-29)44-23-27(39)20-37-15-12-35(13-16-37)19-25-17-26(36)5-10-32(25)45-35/h3-10,17-18,27,30,39H,11-16,19-23H2,1-2H3/t27-,30-/m0/s1. The first-order chi connectivity index (χ1) is 21.8. The van der Waals surface area contributed by atoms with Crippen molar-refractivity contribution in [2.75, 3.05) is 53.6 Å². The van der Waals surface area contributed by atoms with Gasteiger partial charge in [-0.1, -0.05) is 23.7 Å². The summed E-state index contributed by atoms with van der Waals surface area (Å²) in [4.78, 5) is 17.5. The number of aliphatic hydroxyl groups is 1. The van der Waals surface area contributed by atoms with Gasteiger partial charge in [0.2, 0.25) is 0 Å². The van der Waals surface area contributed by atoms with E-state index >= 15 is 0 Å². The van der Waals surface area contributed by atoms with E-state index in [4.69, 9.17) is 35.3 Å². The van der Waals surface area contributed by atoms with Crippen LogP contribution >= 0.6 is 11.6 Å². The molecule has 45 heavy (non-hydrogen) atoms. The van der Waals surface area contributed by atoms with Gasteiger partial charge in [-0.05, 0) is 60.0 Å². The summed E-state index contributed by atoms with van der Waals surface area (Å²) in [6.07, 6.45) is 2.68. The number of piperidine rings is 1. The molecule has 0 bridgehead atoms. The van der Waals surface area contributed by atoms with Gasteiger partial charge in [0.05, 0.1) is 18.8 Å². The highest BCUT2D eigenvalue weighted by atomic mass is 35.5. The van der Waals surface area contributed by atoms with Gasteiger partial charge in [0.1, 0.15) is 47.9 Å². The van der Waals surface area contributed by atoms with Crippen molar-refractivity contribution in [3.05, 3.63) is 82.4 Å². The number of ether oxygens (including phenoxy) is 5. The van der Waals surface area contributed by atoms with Crippen LogP contribution in [0.3, 0.4) is 0 Å². The second-order valence-electron chi connectivity index (χ2n) is 12.2. The second-order valence-corrected chi connectivity index (χ2v) is 12.6. The van der Waals surface area contributed by atoms with Crippen molar-refractivity contribution in [3.8, 4) is 23.0 Å². The first kappa shape index (κ1) is 31.5. The molecule has 3 aliphatic heterocycles. The van der Waals surface area contributed by atoms with Crippen molar-refractivity contribution in [2.45, 2.75) is 50.1 Å². The fourth-order valence-electron chi connectivity index (χ4n) is 6.41. The van der Waals surface area contributed by atoms with E-state index in [0.29, 0.717) is 43.3 Å². The molecule has 0 saturated carbocycles. The third kappa shape index (κ3) is 7.49. The number of amides is 1. The molecule has 1 amide bonds. The monoisotopic (exact) mass is 636 g/mol. The number of carbonyl (C=O) groups excluding carboxylic acids is 1. The van der Waals surface area contributed by atoms with Crippen LogP contribution in [0.4, 0.5) is 0 Å². The van der Waals surface area contributed by atoms with Gasteiger partial charge in [-0.2, -0.15) is 0 Å². The largest absolute Gasteiger partial charge is 0.497 e. The number of hydrogen-bond acceptors (Lipinski definition) is 8. The lowest BCUT2D eigenvalue weighted by Crippen LogP contribution is -2.49. The minimum absolute atomic E-state index is 0.0255. The smallest absolute Gasteiger partial charge is 0.257 e. The van der Waals surface area contributed by atoms with Crippen molar-refractivity contribution in [3.63, 3.8) is 0 Å². The molecule has 3 aromatic carbocycles. The lowest BCUT2D eigenvalue weighted by molar-refractivity contribution is -0.00203. The van der Waals surface area contributed by atoms with Crippen LogP contribution in [-0.2, 0) is 17.8 Å². The highest BCUT2D eigenvalue weighted by molar-refractivity contribution is 6.30. The Hall–Kier alpha value is -3.50. The number of halogens is 1. The molecule has 0 aromatic heterocycles. The number of hydrogen-bond donors (Lipinski definition) is 1. The number of fused-ring (bicyclic) bond motifs is 1. The summed E-state index contributed by atoms with van der Waals surface area (Å²) in [6.45, 7) is 3.64. The van der Waals surface area contributed by atoms with Gasteiger partial charge < -0.3 is 38.6 Å². The molecule has 2 saturated heterocycles. The van der Waals surface area contributed by atoms with Crippen molar-refractivity contribution >= 4 is 17.5 Å². The Bertz CT molecular complexity index is 1480. The third-order valence-electron chi connectivity index (χ3n) is 9.04. The lowest BCUT2D eigenvalue weighted by Gasteiger charge is -2.39. The van der Waals surface area contributed by atoms with Crippen LogP contribution in [0.5, 0.6) is 23.0 Å². The van der Waals surface area contributed by atoms with E-state index in [1.54, 1.807) is 37.3 Å². The van der Waals surface area contributed by atoms with Gasteiger partial charge in [-0.15, -0.1) is 0 Å². The number of rotatable bonds is 11. The van der Waals surface area contributed by atoms with Crippen molar-refractivity contribution in [1.29, 1.82) is 0 Å². The SMILES string of the molecule is COc1ccc(COc2ccc(C(=O)N3CC[C@H](OC)C3)c(OC[C@@H](O)CN3CCC4(CC3)Cc3cc(Cl)ccc3O4)c2)cc1. The summed E-state index contributed by atoms with van der Waals surface area (Å²) < 4.78 is 29.3. The van der Waals surface area contributed by atoms with Crippen molar-refractivity contribution < 1.29 is 33.6 Å². The van der Waals surface area contributed by atoms with Crippen LogP contribution in [-0.4, -0.2) is 92.2 Å². The molecular weight excluding hydrogens is 596 g/mol. The maximum Gasteiger partial charge on any atom is 0.257 e. The summed E-state index contributed by atoms with van der Waals surface area (Å²) in [5.74, 6) is 2.54. The normalized spacial score (nSPS) is 19.6. The van der Waals surface area contributed by atoms with E-state index < -0.39 is 6.10 Å². The average Bonchev–Trinajstić information content (AvgIpc) is 3.68. The van der Waals surface area contributed by atoms with Gasteiger partial charge >= 0.3 is 0 Å². The van der Waals surface area contributed by atoms with Crippen LogP contribution in [0.25, 0.3) is 0 Å². The minimum Gasteiger partial charge on any atom is -0.497 e. The zero-order valence-electron chi connectivity index (χ0n) is 25.9. The van der Waals surface area contributed by atoms with Gasteiger partial charge in [-0.25, -0.2) is 0 Å². The number of β-amino-alcohol motifs (C(OH)–C–C–N with tert-alkyl or cyclic N) is 1. The molecule has 3 aromatic rings. The molecule has 0 unspecified atom stereocenters. The van der Waals surface area contributed by atoms with Crippen LogP contribution in [0.2, 0.25) is 5.02 Å². The molecule has 1 N–H and O–H groups in total. The highest BCUT2D eigenvalue weighted by Crippen LogP contribution is 2.42. The molecule has 2 atom stereocenters. The number of aliphatic hydroxyl groups excluding tert-OH is 1. The Morgan fingerprint density at radius 1 is 1.02 bits per heavy atom. The number of nitrogens with zero attached hydrogens (tertiary/aromatic N) is 2. The van der Waals surface area contributed by atoms with Crippen LogP contribution in [0, 0.1) is 0 Å². The summed E-state index contributed by atoms with van der Waals surface area (Å²) in [5, 5.41) is 11.7. The fraction of sp³-hybridized carbons (Fsp3) is 0.457. The summed E-state index contributed by atoms with van der Waals surface area (Å²) >= 11 is 6.20. The van der Waals surface area contributed by atoms with Crippen LogP contribution in [0.1, 0.15) is 40.7 Å². The molecule has 10 heteroatoms. The van der Waals surface area contributed by atoms with E-state index in [9.17, 15) is 9.90 Å². The van der Waals surface area contributed by atoms with Crippen LogP contribution in [0.15, 0.2) is 60.7 Å². The molecule has 2 fully saturated rings. The zero-order chi connectivity index (χ0) is 31.4. The quantitative estimate of drug-likeness (QED) is 0.315. The van der Waals surface area contributed by atoms with Crippen molar-refractivity contribution in [1.82, 2.24) is 9.80 Å². The minimum atomic E-state index is -0.740. The Kier molecular flexibility index (Phi) is 9.70. The number of methoxy groups -OCH3 is 2. The first-order valence-electron chi connectivity index (χ1n) is 15.6. The Labute approximate surface area is 269 Å². The molecule has 6 rings (SSSR count). The van der Waals surface area contributed by atoms with E-state index in [1.807, 2.05) is 42.5 Å². The molecule has 1 spiro atoms.